The Balaban J connectivity index is 1.90. The summed E-state index contributed by atoms with van der Waals surface area (Å²) in [7, 11) is 0. The molecule has 2 aromatic rings. The molecule has 0 atom stereocenters. The molecule has 0 unspecified atom stereocenters. The number of halogens is 1. The normalized spacial score (nSPS) is 14.9. The van der Waals surface area contributed by atoms with Gasteiger partial charge in [-0.25, -0.2) is 0 Å². The van der Waals surface area contributed by atoms with Crippen LogP contribution < -0.4 is 11.1 Å². The molecule has 0 radical (unpaired) electrons. The number of hydrogen-bond acceptors (Lipinski definition) is 4. The van der Waals surface area contributed by atoms with Crippen molar-refractivity contribution in [2.24, 2.45) is 0 Å². The van der Waals surface area contributed by atoms with Crippen LogP contribution in [0.1, 0.15) is 12.8 Å². The van der Waals surface area contributed by atoms with E-state index in [-0.39, 0.29) is 0 Å². The number of aromatic nitrogens is 3. The molecule has 1 heterocycles. The average molecular weight is 250 g/mol. The molecule has 1 aromatic carbocycles. The minimum atomic E-state index is 0.371. The molecule has 1 fully saturated rings. The third-order valence-electron chi connectivity index (χ3n) is 2.61. The molecule has 3 rings (SSSR count). The minimum Gasteiger partial charge on any atom is -0.368 e. The largest absolute Gasteiger partial charge is 0.368 e. The Bertz CT molecular complexity index is 529. The van der Waals surface area contributed by atoms with Crippen molar-refractivity contribution in [3.05, 3.63) is 29.3 Å². The molecule has 88 valence electrons. The maximum absolute atomic E-state index is 5.83. The van der Waals surface area contributed by atoms with E-state index >= 15 is 0 Å². The number of nitrogen functional groups attached to an aromatic ring is 1. The van der Waals surface area contributed by atoms with Gasteiger partial charge in [0, 0.05) is 11.1 Å². The van der Waals surface area contributed by atoms with Gasteiger partial charge in [-0.2, -0.15) is 9.67 Å². The van der Waals surface area contributed by atoms with Crippen LogP contribution >= 0.6 is 11.6 Å². The minimum absolute atomic E-state index is 0.371. The number of rotatable bonds is 3. The van der Waals surface area contributed by atoms with Gasteiger partial charge in [-0.3, -0.25) is 0 Å². The maximum atomic E-state index is 5.83. The van der Waals surface area contributed by atoms with E-state index in [1.165, 1.54) is 12.8 Å². The molecule has 0 aliphatic heterocycles. The molecule has 1 aromatic heterocycles. The van der Waals surface area contributed by atoms with Crippen LogP contribution in [0.4, 0.5) is 11.9 Å². The Morgan fingerprint density at radius 3 is 2.65 bits per heavy atom. The predicted octanol–water partition coefficient (Wildman–Crippen LogP) is 2.08. The van der Waals surface area contributed by atoms with E-state index in [4.69, 9.17) is 17.3 Å². The zero-order chi connectivity index (χ0) is 11.8. The summed E-state index contributed by atoms with van der Waals surface area (Å²) in [6, 6.07) is 7.82. The van der Waals surface area contributed by atoms with Gasteiger partial charge in [-0.05, 0) is 37.1 Å². The smallest absolute Gasteiger partial charge is 0.244 e. The number of anilines is 2. The Hall–Kier alpha value is -1.75. The lowest BCUT2D eigenvalue weighted by Crippen LogP contribution is -2.04. The highest BCUT2D eigenvalue weighted by Crippen LogP contribution is 2.24. The van der Waals surface area contributed by atoms with Gasteiger partial charge in [0.25, 0.3) is 0 Å². The fourth-order valence-electron chi connectivity index (χ4n) is 1.57. The van der Waals surface area contributed by atoms with Gasteiger partial charge in [-0.15, -0.1) is 5.10 Å². The summed E-state index contributed by atoms with van der Waals surface area (Å²) in [6.45, 7) is 0. The second-order valence-corrected chi connectivity index (χ2v) is 4.54. The summed E-state index contributed by atoms with van der Waals surface area (Å²) in [5.74, 6) is 0.954. The van der Waals surface area contributed by atoms with Crippen LogP contribution in [0.25, 0.3) is 5.69 Å². The quantitative estimate of drug-likeness (QED) is 0.874. The van der Waals surface area contributed by atoms with Crippen molar-refractivity contribution in [3.8, 4) is 5.69 Å². The number of nitrogens with zero attached hydrogens (tertiary/aromatic N) is 3. The van der Waals surface area contributed by atoms with Crippen molar-refractivity contribution in [1.82, 2.24) is 14.8 Å². The monoisotopic (exact) mass is 249 g/mol. The lowest BCUT2D eigenvalue weighted by atomic mass is 10.3. The first-order valence-corrected chi connectivity index (χ1v) is 5.85. The Morgan fingerprint density at radius 1 is 1.29 bits per heavy atom. The highest BCUT2D eigenvalue weighted by atomic mass is 35.5. The first-order chi connectivity index (χ1) is 8.22. The van der Waals surface area contributed by atoms with E-state index in [1.807, 2.05) is 12.1 Å². The molecule has 0 amide bonds. The summed E-state index contributed by atoms with van der Waals surface area (Å²) < 4.78 is 1.60. The van der Waals surface area contributed by atoms with Crippen molar-refractivity contribution in [1.29, 1.82) is 0 Å². The van der Waals surface area contributed by atoms with Crippen molar-refractivity contribution >= 4 is 23.5 Å². The number of hydrogen-bond donors (Lipinski definition) is 2. The van der Waals surface area contributed by atoms with E-state index in [9.17, 15) is 0 Å². The molecule has 1 aliphatic carbocycles. The number of nitrogens with two attached hydrogens (primary N) is 1. The van der Waals surface area contributed by atoms with Gasteiger partial charge >= 0.3 is 0 Å². The molecule has 0 spiro atoms. The summed E-state index contributed by atoms with van der Waals surface area (Å²) >= 11 is 5.83. The van der Waals surface area contributed by atoms with Crippen molar-refractivity contribution in [2.75, 3.05) is 11.1 Å². The fraction of sp³-hybridized carbons (Fsp3) is 0.273. The Labute approximate surface area is 104 Å². The van der Waals surface area contributed by atoms with Crippen molar-refractivity contribution in [3.63, 3.8) is 0 Å². The van der Waals surface area contributed by atoms with Gasteiger partial charge in [0.05, 0.1) is 5.69 Å². The highest BCUT2D eigenvalue weighted by molar-refractivity contribution is 6.30. The van der Waals surface area contributed by atoms with Crippen LogP contribution in [-0.4, -0.2) is 20.8 Å². The summed E-state index contributed by atoms with van der Waals surface area (Å²) in [4.78, 5) is 4.18. The van der Waals surface area contributed by atoms with Gasteiger partial charge in [0.15, 0.2) is 0 Å². The van der Waals surface area contributed by atoms with Crippen LogP contribution in [-0.2, 0) is 0 Å². The van der Waals surface area contributed by atoms with E-state index in [1.54, 1.807) is 16.8 Å². The lowest BCUT2D eigenvalue weighted by Gasteiger charge is -2.01. The second-order valence-electron chi connectivity index (χ2n) is 4.10. The van der Waals surface area contributed by atoms with Crippen LogP contribution in [0.3, 0.4) is 0 Å². The van der Waals surface area contributed by atoms with Crippen molar-refractivity contribution < 1.29 is 0 Å². The SMILES string of the molecule is Nc1nc(NC2CC2)nn1-c1ccc(Cl)cc1. The van der Waals surface area contributed by atoms with Crippen LogP contribution in [0, 0.1) is 0 Å². The van der Waals surface area contributed by atoms with Gasteiger partial charge < -0.3 is 11.1 Å². The van der Waals surface area contributed by atoms with Gasteiger partial charge in [-0.1, -0.05) is 11.6 Å². The summed E-state index contributed by atoms with van der Waals surface area (Å²) in [5, 5.41) is 8.21. The van der Waals surface area contributed by atoms with Crippen LogP contribution in [0.15, 0.2) is 24.3 Å². The molecular weight excluding hydrogens is 238 g/mol. The second kappa shape index (κ2) is 3.92. The average Bonchev–Trinajstić information content (AvgIpc) is 3.03. The van der Waals surface area contributed by atoms with Gasteiger partial charge in [0.2, 0.25) is 11.9 Å². The Kier molecular flexibility index (Phi) is 2.40. The van der Waals surface area contributed by atoms with E-state index in [2.05, 4.69) is 15.4 Å². The fourth-order valence-corrected chi connectivity index (χ4v) is 1.69. The molecule has 0 bridgehead atoms. The zero-order valence-corrected chi connectivity index (χ0v) is 9.85. The molecule has 5 nitrogen and oxygen atoms in total. The molecule has 6 heteroatoms. The van der Waals surface area contributed by atoms with Crippen LogP contribution in [0.2, 0.25) is 5.02 Å². The zero-order valence-electron chi connectivity index (χ0n) is 9.10. The first-order valence-electron chi connectivity index (χ1n) is 5.47. The predicted molar refractivity (Wildman–Crippen MR) is 67.4 cm³/mol. The third kappa shape index (κ3) is 2.19. The molecule has 3 N–H and O–H groups in total. The van der Waals surface area contributed by atoms with E-state index in [0.717, 1.165) is 5.69 Å². The lowest BCUT2D eigenvalue weighted by molar-refractivity contribution is 0.887. The van der Waals surface area contributed by atoms with Crippen molar-refractivity contribution in [2.45, 2.75) is 18.9 Å². The molecular formula is C11H12ClN5. The first kappa shape index (κ1) is 10.4. The van der Waals surface area contributed by atoms with E-state index < -0.39 is 0 Å². The molecule has 1 saturated carbocycles. The molecule has 1 aliphatic rings. The van der Waals surface area contributed by atoms with Crippen LogP contribution in [0.5, 0.6) is 0 Å². The number of nitrogens with one attached hydrogen (secondary N) is 1. The summed E-state index contributed by atoms with van der Waals surface area (Å²) in [5.41, 5.74) is 6.67. The third-order valence-corrected chi connectivity index (χ3v) is 2.87. The van der Waals surface area contributed by atoms with E-state index in [0.29, 0.717) is 23.0 Å². The highest BCUT2D eigenvalue weighted by Gasteiger charge is 2.23. The topological polar surface area (TPSA) is 68.8 Å². The molecule has 17 heavy (non-hydrogen) atoms. The maximum Gasteiger partial charge on any atom is 0.244 e. The summed E-state index contributed by atoms with van der Waals surface area (Å²) in [6.07, 6.45) is 2.35. The number of benzene rings is 1. The molecule has 0 saturated heterocycles. The standard InChI is InChI=1S/C11H12ClN5/c12-7-1-5-9(6-2-7)17-10(13)15-11(16-17)14-8-3-4-8/h1-2,5-6,8H,3-4H2,(H3,13,14,15,16). The van der Waals surface area contributed by atoms with Gasteiger partial charge in [0.1, 0.15) is 0 Å². The Morgan fingerprint density at radius 2 is 2.00 bits per heavy atom.